The average molecular weight is 282 g/mol. The fraction of sp³-hybridized carbons (Fsp3) is 0.714. The van der Waals surface area contributed by atoms with E-state index in [0.29, 0.717) is 18.9 Å². The van der Waals surface area contributed by atoms with E-state index in [1.807, 2.05) is 5.38 Å². The second kappa shape index (κ2) is 7.01. The van der Waals surface area contributed by atoms with Gasteiger partial charge in [-0.1, -0.05) is 13.3 Å². The lowest BCUT2D eigenvalue weighted by molar-refractivity contribution is -0.120. The zero-order valence-corrected chi connectivity index (χ0v) is 12.2. The second-order valence-electron chi connectivity index (χ2n) is 5.25. The molecule has 1 aliphatic carbocycles. The number of rotatable bonds is 5. The molecular weight excluding hydrogens is 260 g/mol. The molecule has 0 bridgehead atoms. The molecule has 2 rings (SSSR count). The van der Waals surface area contributed by atoms with Crippen LogP contribution in [0.25, 0.3) is 0 Å². The summed E-state index contributed by atoms with van der Waals surface area (Å²) >= 11 is 1.61. The highest BCUT2D eigenvalue weighted by molar-refractivity contribution is 7.09. The largest absolute Gasteiger partial charge is 0.393 e. The highest BCUT2D eigenvalue weighted by Crippen LogP contribution is 2.23. The van der Waals surface area contributed by atoms with Gasteiger partial charge >= 0.3 is 0 Å². The highest BCUT2D eigenvalue weighted by Gasteiger charge is 2.20. The first-order valence-electron chi connectivity index (χ1n) is 7.05. The molecule has 2 N–H and O–H groups in total. The average Bonchev–Trinajstić information content (AvgIpc) is 2.84. The van der Waals surface area contributed by atoms with Gasteiger partial charge in [-0.25, -0.2) is 4.98 Å². The van der Waals surface area contributed by atoms with Crippen LogP contribution in [0.15, 0.2) is 5.38 Å². The minimum atomic E-state index is -0.179. The molecule has 1 aromatic heterocycles. The smallest absolute Gasteiger partial charge is 0.226 e. The third kappa shape index (κ3) is 4.58. The maximum absolute atomic E-state index is 11.8. The first-order valence-corrected chi connectivity index (χ1v) is 7.93. The molecule has 0 spiro atoms. The quantitative estimate of drug-likeness (QED) is 0.867. The Kier molecular flexibility index (Phi) is 5.34. The normalized spacial score (nSPS) is 23.3. The lowest BCUT2D eigenvalue weighted by Gasteiger charge is -2.25. The van der Waals surface area contributed by atoms with Crippen molar-refractivity contribution in [2.75, 3.05) is 6.54 Å². The minimum Gasteiger partial charge on any atom is -0.393 e. The molecule has 1 fully saturated rings. The van der Waals surface area contributed by atoms with Gasteiger partial charge in [0.1, 0.15) is 0 Å². The second-order valence-corrected chi connectivity index (χ2v) is 6.20. The van der Waals surface area contributed by atoms with Crippen molar-refractivity contribution in [1.29, 1.82) is 0 Å². The first-order chi connectivity index (χ1) is 9.17. The molecule has 19 heavy (non-hydrogen) atoms. The van der Waals surface area contributed by atoms with Crippen LogP contribution in [0.3, 0.4) is 0 Å². The number of hydrogen-bond acceptors (Lipinski definition) is 4. The molecule has 1 aromatic rings. The summed E-state index contributed by atoms with van der Waals surface area (Å²) in [7, 11) is 0. The van der Waals surface area contributed by atoms with E-state index in [0.717, 1.165) is 42.8 Å². The van der Waals surface area contributed by atoms with Crippen molar-refractivity contribution >= 4 is 17.2 Å². The van der Waals surface area contributed by atoms with Crippen molar-refractivity contribution in [3.63, 3.8) is 0 Å². The number of carbonyl (C=O) groups is 1. The van der Waals surface area contributed by atoms with E-state index in [-0.39, 0.29) is 12.0 Å². The molecule has 5 heteroatoms. The first kappa shape index (κ1) is 14.5. The van der Waals surface area contributed by atoms with E-state index < -0.39 is 0 Å². The van der Waals surface area contributed by atoms with Gasteiger partial charge in [-0.15, -0.1) is 11.3 Å². The summed E-state index contributed by atoms with van der Waals surface area (Å²) < 4.78 is 0. The number of nitrogens with zero attached hydrogens (tertiary/aromatic N) is 1. The standard InChI is InChI=1S/C14H22N2O2S/c1-2-14-16-11(9-19-14)7-13(18)15-8-10-4-3-5-12(17)6-10/h9-10,12,17H,2-8H2,1H3,(H,15,18). The van der Waals surface area contributed by atoms with Gasteiger partial charge in [0, 0.05) is 11.9 Å². The topological polar surface area (TPSA) is 62.2 Å². The highest BCUT2D eigenvalue weighted by atomic mass is 32.1. The summed E-state index contributed by atoms with van der Waals surface area (Å²) in [4.78, 5) is 16.2. The van der Waals surface area contributed by atoms with E-state index in [1.165, 1.54) is 0 Å². The molecule has 2 atom stereocenters. The Morgan fingerprint density at radius 1 is 1.58 bits per heavy atom. The molecule has 1 amide bonds. The Morgan fingerprint density at radius 2 is 2.42 bits per heavy atom. The third-order valence-corrected chi connectivity index (χ3v) is 4.63. The SMILES string of the molecule is CCc1nc(CC(=O)NCC2CCCC(O)C2)cs1. The van der Waals surface area contributed by atoms with Gasteiger partial charge in [-0.3, -0.25) is 4.79 Å². The van der Waals surface area contributed by atoms with Gasteiger partial charge < -0.3 is 10.4 Å². The number of amides is 1. The molecule has 4 nitrogen and oxygen atoms in total. The van der Waals surface area contributed by atoms with E-state index >= 15 is 0 Å². The summed E-state index contributed by atoms with van der Waals surface area (Å²) in [5.74, 6) is 0.461. The van der Waals surface area contributed by atoms with Gasteiger partial charge in [0.15, 0.2) is 0 Å². The fourth-order valence-corrected chi connectivity index (χ4v) is 3.27. The predicted molar refractivity (Wildman–Crippen MR) is 76.2 cm³/mol. The monoisotopic (exact) mass is 282 g/mol. The van der Waals surface area contributed by atoms with Gasteiger partial charge in [0.25, 0.3) is 0 Å². The minimum absolute atomic E-state index is 0.0352. The molecule has 1 saturated carbocycles. The lowest BCUT2D eigenvalue weighted by atomic mass is 9.87. The van der Waals surface area contributed by atoms with E-state index in [4.69, 9.17) is 0 Å². The van der Waals surface area contributed by atoms with Crippen LogP contribution in [0, 0.1) is 5.92 Å². The summed E-state index contributed by atoms with van der Waals surface area (Å²) in [5.41, 5.74) is 0.864. The van der Waals surface area contributed by atoms with Gasteiger partial charge in [0.2, 0.25) is 5.91 Å². The summed E-state index contributed by atoms with van der Waals surface area (Å²) in [5, 5.41) is 15.6. The number of carbonyl (C=O) groups excluding carboxylic acids is 1. The van der Waals surface area contributed by atoms with Crippen LogP contribution in [0.1, 0.15) is 43.3 Å². The summed E-state index contributed by atoms with van der Waals surface area (Å²) in [6.45, 7) is 2.75. The van der Waals surface area contributed by atoms with Crippen molar-refractivity contribution in [2.45, 2.75) is 51.6 Å². The van der Waals surface area contributed by atoms with Crippen LogP contribution < -0.4 is 5.32 Å². The molecule has 1 aliphatic rings. The van der Waals surface area contributed by atoms with Crippen LogP contribution in [0.4, 0.5) is 0 Å². The van der Waals surface area contributed by atoms with Crippen molar-refractivity contribution < 1.29 is 9.90 Å². The van der Waals surface area contributed by atoms with Gasteiger partial charge in [-0.05, 0) is 31.6 Å². The number of aliphatic hydroxyl groups is 1. The van der Waals surface area contributed by atoms with Crippen LogP contribution in [0.2, 0.25) is 0 Å². The number of aryl methyl sites for hydroxylation is 1. The molecule has 0 radical (unpaired) electrons. The molecule has 0 aromatic carbocycles. The Morgan fingerprint density at radius 3 is 3.11 bits per heavy atom. The van der Waals surface area contributed by atoms with E-state index in [2.05, 4.69) is 17.2 Å². The lowest BCUT2D eigenvalue weighted by Crippen LogP contribution is -2.33. The summed E-state index contributed by atoms with van der Waals surface area (Å²) in [6.07, 6.45) is 5.00. The molecule has 2 unspecified atom stereocenters. The number of aliphatic hydroxyl groups excluding tert-OH is 1. The van der Waals surface area contributed by atoms with E-state index in [1.54, 1.807) is 11.3 Å². The summed E-state index contributed by atoms with van der Waals surface area (Å²) in [6, 6.07) is 0. The van der Waals surface area contributed by atoms with Crippen LogP contribution in [-0.2, 0) is 17.6 Å². The molecule has 106 valence electrons. The number of hydrogen-bond donors (Lipinski definition) is 2. The maximum atomic E-state index is 11.8. The Labute approximate surface area is 118 Å². The molecule has 0 aliphatic heterocycles. The van der Waals surface area contributed by atoms with Crippen LogP contribution >= 0.6 is 11.3 Å². The fourth-order valence-electron chi connectivity index (χ4n) is 2.53. The van der Waals surface area contributed by atoms with Crippen molar-refractivity contribution in [2.24, 2.45) is 5.92 Å². The number of aromatic nitrogens is 1. The Bertz CT molecular complexity index is 419. The van der Waals surface area contributed by atoms with Crippen molar-refractivity contribution in [3.8, 4) is 0 Å². The maximum Gasteiger partial charge on any atom is 0.226 e. The third-order valence-electron chi connectivity index (χ3n) is 3.59. The zero-order chi connectivity index (χ0) is 13.7. The molecule has 0 saturated heterocycles. The number of nitrogens with one attached hydrogen (secondary N) is 1. The molecular formula is C14H22N2O2S. The number of thiazole rings is 1. The van der Waals surface area contributed by atoms with E-state index in [9.17, 15) is 9.90 Å². The van der Waals surface area contributed by atoms with Crippen LogP contribution in [0.5, 0.6) is 0 Å². The van der Waals surface area contributed by atoms with Crippen molar-refractivity contribution in [1.82, 2.24) is 10.3 Å². The predicted octanol–water partition coefficient (Wildman–Crippen LogP) is 1.92. The Hall–Kier alpha value is -0.940. The van der Waals surface area contributed by atoms with Gasteiger partial charge in [0.05, 0.1) is 23.2 Å². The Balaban J connectivity index is 1.72. The van der Waals surface area contributed by atoms with Crippen LogP contribution in [-0.4, -0.2) is 28.6 Å². The van der Waals surface area contributed by atoms with Gasteiger partial charge in [-0.2, -0.15) is 0 Å². The zero-order valence-electron chi connectivity index (χ0n) is 11.4. The molecule has 1 heterocycles. The van der Waals surface area contributed by atoms with Crippen molar-refractivity contribution in [3.05, 3.63) is 16.1 Å².